The normalized spacial score (nSPS) is 14.7. The van der Waals surface area contributed by atoms with Gasteiger partial charge in [0.05, 0.1) is 12.1 Å². The van der Waals surface area contributed by atoms with Gasteiger partial charge in [0, 0.05) is 37.1 Å². The van der Waals surface area contributed by atoms with Gasteiger partial charge in [0.15, 0.2) is 5.58 Å². The zero-order valence-corrected chi connectivity index (χ0v) is 19.1. The Labute approximate surface area is 202 Å². The van der Waals surface area contributed by atoms with Gasteiger partial charge in [-0.3, -0.25) is 9.69 Å². The predicted molar refractivity (Wildman–Crippen MR) is 134 cm³/mol. The third-order valence-corrected chi connectivity index (χ3v) is 6.38. The molecule has 0 saturated carbocycles. The van der Waals surface area contributed by atoms with E-state index in [1.807, 2.05) is 59.5 Å². The summed E-state index contributed by atoms with van der Waals surface area (Å²) in [4.78, 5) is 29.9. The number of fused-ring (bicyclic) bond motifs is 2. The number of oxazole rings is 1. The second-order valence-corrected chi connectivity index (χ2v) is 8.82. The lowest BCUT2D eigenvalue weighted by molar-refractivity contribution is -0.136. The largest absolute Gasteiger partial charge is 0.436 e. The first kappa shape index (κ1) is 21.2. The Balaban J connectivity index is 1.12. The molecule has 8 heteroatoms. The van der Waals surface area contributed by atoms with E-state index in [0.717, 1.165) is 45.2 Å². The quantitative estimate of drug-likeness (QED) is 0.421. The molecule has 6 rings (SSSR count). The van der Waals surface area contributed by atoms with E-state index in [4.69, 9.17) is 10.2 Å². The van der Waals surface area contributed by atoms with Crippen LogP contribution in [0.15, 0.2) is 77.5 Å². The first-order chi connectivity index (χ1) is 17.1. The van der Waals surface area contributed by atoms with Crippen molar-refractivity contribution in [2.75, 3.05) is 25.4 Å². The number of nitrogens with zero attached hydrogens (tertiary/aromatic N) is 5. The van der Waals surface area contributed by atoms with E-state index in [0.29, 0.717) is 37.9 Å². The maximum Gasteiger partial charge on any atom is 0.237 e. The van der Waals surface area contributed by atoms with Gasteiger partial charge in [0.2, 0.25) is 11.8 Å². The van der Waals surface area contributed by atoms with Gasteiger partial charge < -0.3 is 15.1 Å². The van der Waals surface area contributed by atoms with Crippen molar-refractivity contribution in [2.24, 2.45) is 0 Å². The van der Waals surface area contributed by atoms with Crippen LogP contribution in [0.1, 0.15) is 11.1 Å². The first-order valence-corrected chi connectivity index (χ1v) is 11.6. The fraction of sp³-hybridized carbons (Fsp3) is 0.185. The van der Waals surface area contributed by atoms with Gasteiger partial charge in [0.25, 0.3) is 0 Å². The molecule has 1 saturated heterocycles. The van der Waals surface area contributed by atoms with Crippen LogP contribution < -0.4 is 5.73 Å². The summed E-state index contributed by atoms with van der Waals surface area (Å²) in [6.45, 7) is 3.12. The van der Waals surface area contributed by atoms with Gasteiger partial charge in [-0.15, -0.1) is 0 Å². The molecule has 1 amide bonds. The van der Waals surface area contributed by atoms with Gasteiger partial charge in [-0.05, 0) is 47.5 Å². The minimum absolute atomic E-state index is 0.119. The Morgan fingerprint density at radius 1 is 0.886 bits per heavy atom. The molecule has 0 spiro atoms. The molecule has 0 atom stereocenters. The lowest BCUT2D eigenvalue weighted by atomic mass is 10.1. The second-order valence-electron chi connectivity index (χ2n) is 8.82. The molecule has 2 aromatic heterocycles. The smallest absolute Gasteiger partial charge is 0.237 e. The van der Waals surface area contributed by atoms with Gasteiger partial charge >= 0.3 is 0 Å². The van der Waals surface area contributed by atoms with Crippen molar-refractivity contribution in [3.05, 3.63) is 84.2 Å². The Morgan fingerprint density at radius 3 is 2.66 bits per heavy atom. The number of hydrogen-bond donors (Lipinski definition) is 1. The number of nitrogens with two attached hydrogens (primary N) is 1. The molecular weight excluding hydrogens is 440 g/mol. The number of anilines is 1. The first-order valence-electron chi connectivity index (χ1n) is 11.6. The second kappa shape index (κ2) is 8.81. The standard InChI is InChI=1S/C27H24N6O2/c28-26-21-9-8-19(13-23(21)29-17-30-26)15-33-11-10-32(16-25(33)34)14-18-4-3-5-20(12-18)27-31-22-6-1-2-7-24(22)35-27/h1-9,12-13,17H,10-11,14-16H2,(H2,28,29,30). The maximum absolute atomic E-state index is 12.9. The topological polar surface area (TPSA) is 101 Å². The van der Waals surface area contributed by atoms with E-state index >= 15 is 0 Å². The summed E-state index contributed by atoms with van der Waals surface area (Å²) in [5.41, 5.74) is 11.4. The molecule has 0 radical (unpaired) electrons. The van der Waals surface area contributed by atoms with Gasteiger partial charge in [0.1, 0.15) is 17.7 Å². The summed E-state index contributed by atoms with van der Waals surface area (Å²) in [7, 11) is 0. The zero-order valence-electron chi connectivity index (χ0n) is 19.1. The van der Waals surface area contributed by atoms with Crippen LogP contribution >= 0.6 is 0 Å². The third kappa shape index (κ3) is 4.31. The predicted octanol–water partition coefficient (Wildman–Crippen LogP) is 3.86. The van der Waals surface area contributed by atoms with Crippen molar-refractivity contribution >= 4 is 33.7 Å². The number of carbonyl (C=O) groups excluding carboxylic acids is 1. The van der Waals surface area contributed by atoms with Crippen molar-refractivity contribution < 1.29 is 9.21 Å². The molecule has 2 N–H and O–H groups in total. The number of para-hydroxylation sites is 2. The number of nitrogen functional groups attached to an aromatic ring is 1. The fourth-order valence-electron chi connectivity index (χ4n) is 4.56. The van der Waals surface area contributed by atoms with Crippen LogP contribution in [0.5, 0.6) is 0 Å². The maximum atomic E-state index is 12.9. The van der Waals surface area contributed by atoms with Crippen molar-refractivity contribution in [3.8, 4) is 11.5 Å². The highest BCUT2D eigenvalue weighted by atomic mass is 16.3. The van der Waals surface area contributed by atoms with Crippen LogP contribution in [-0.4, -0.2) is 50.3 Å². The van der Waals surface area contributed by atoms with Gasteiger partial charge in [-0.2, -0.15) is 0 Å². The van der Waals surface area contributed by atoms with E-state index in [9.17, 15) is 4.79 Å². The molecule has 0 bridgehead atoms. The van der Waals surface area contributed by atoms with Crippen LogP contribution in [0.2, 0.25) is 0 Å². The molecule has 8 nitrogen and oxygen atoms in total. The van der Waals surface area contributed by atoms with Crippen LogP contribution in [-0.2, 0) is 17.9 Å². The molecule has 1 aliphatic rings. The summed E-state index contributed by atoms with van der Waals surface area (Å²) in [6, 6.07) is 21.8. The summed E-state index contributed by atoms with van der Waals surface area (Å²) in [5, 5.41) is 0.826. The minimum atomic E-state index is 0.119. The van der Waals surface area contributed by atoms with E-state index in [2.05, 4.69) is 32.0 Å². The van der Waals surface area contributed by atoms with E-state index < -0.39 is 0 Å². The minimum Gasteiger partial charge on any atom is -0.436 e. The molecule has 3 aromatic carbocycles. The number of aromatic nitrogens is 3. The number of rotatable bonds is 5. The zero-order chi connectivity index (χ0) is 23.8. The van der Waals surface area contributed by atoms with Crippen molar-refractivity contribution in [1.29, 1.82) is 0 Å². The lowest BCUT2D eigenvalue weighted by Crippen LogP contribution is -2.49. The SMILES string of the molecule is Nc1ncnc2cc(CN3CCN(Cc4cccc(-c5nc6ccccc6o5)c4)CC3=O)ccc12. The summed E-state index contributed by atoms with van der Waals surface area (Å²) in [5.74, 6) is 1.19. The summed E-state index contributed by atoms with van der Waals surface area (Å²) >= 11 is 0. The molecule has 174 valence electrons. The fourth-order valence-corrected chi connectivity index (χ4v) is 4.56. The highest BCUT2D eigenvalue weighted by Gasteiger charge is 2.24. The van der Waals surface area contributed by atoms with E-state index in [1.54, 1.807) is 0 Å². The van der Waals surface area contributed by atoms with Gasteiger partial charge in [-0.25, -0.2) is 15.0 Å². The molecule has 5 aromatic rings. The number of piperazine rings is 1. The Morgan fingerprint density at radius 2 is 1.77 bits per heavy atom. The molecule has 1 fully saturated rings. The Bertz CT molecular complexity index is 1510. The molecule has 0 unspecified atom stereocenters. The number of benzene rings is 3. The Hall–Kier alpha value is -4.30. The van der Waals surface area contributed by atoms with Crippen molar-refractivity contribution in [2.45, 2.75) is 13.1 Å². The van der Waals surface area contributed by atoms with E-state index in [1.165, 1.54) is 6.33 Å². The molecule has 35 heavy (non-hydrogen) atoms. The highest BCUT2D eigenvalue weighted by Crippen LogP contribution is 2.25. The van der Waals surface area contributed by atoms with Gasteiger partial charge in [-0.1, -0.05) is 30.3 Å². The molecule has 3 heterocycles. The monoisotopic (exact) mass is 464 g/mol. The lowest BCUT2D eigenvalue weighted by Gasteiger charge is -2.34. The number of hydrogen-bond acceptors (Lipinski definition) is 7. The van der Waals surface area contributed by atoms with Crippen LogP contribution in [0.25, 0.3) is 33.5 Å². The third-order valence-electron chi connectivity index (χ3n) is 6.38. The summed E-state index contributed by atoms with van der Waals surface area (Å²) < 4.78 is 5.92. The van der Waals surface area contributed by atoms with Crippen LogP contribution in [0, 0.1) is 0 Å². The van der Waals surface area contributed by atoms with E-state index in [-0.39, 0.29) is 5.91 Å². The summed E-state index contributed by atoms with van der Waals surface area (Å²) in [6.07, 6.45) is 1.46. The van der Waals surface area contributed by atoms with Crippen LogP contribution in [0.3, 0.4) is 0 Å². The average Bonchev–Trinajstić information content (AvgIpc) is 3.31. The van der Waals surface area contributed by atoms with Crippen molar-refractivity contribution in [3.63, 3.8) is 0 Å². The highest BCUT2D eigenvalue weighted by molar-refractivity contribution is 5.88. The number of carbonyl (C=O) groups is 1. The molecule has 1 aliphatic heterocycles. The van der Waals surface area contributed by atoms with Crippen molar-refractivity contribution in [1.82, 2.24) is 24.8 Å². The number of amides is 1. The molecule has 0 aliphatic carbocycles. The van der Waals surface area contributed by atoms with Crippen LogP contribution in [0.4, 0.5) is 5.82 Å². The Kier molecular flexibility index (Phi) is 5.35. The molecular formula is C27H24N6O2. The average molecular weight is 465 g/mol.